The molecule has 5 nitrogen and oxygen atoms in total. The van der Waals surface area contributed by atoms with E-state index in [4.69, 9.17) is 5.26 Å². The first-order chi connectivity index (χ1) is 11.8. The third-order valence-electron chi connectivity index (χ3n) is 4.10. The number of nitrogens with zero attached hydrogens (tertiary/aromatic N) is 1. The second-order valence-corrected chi connectivity index (χ2v) is 7.46. The number of alkyl halides is 3. The lowest BCUT2D eigenvalue weighted by Gasteiger charge is -2.16. The van der Waals surface area contributed by atoms with Gasteiger partial charge >= 0.3 is 6.36 Å². The van der Waals surface area contributed by atoms with Crippen molar-refractivity contribution in [3.8, 4) is 11.8 Å². The molecule has 0 spiro atoms. The smallest absolute Gasteiger partial charge is 0.405 e. The number of amides is 1. The second-order valence-electron chi connectivity index (χ2n) is 6.11. The van der Waals surface area contributed by atoms with Gasteiger partial charge in [-0.05, 0) is 31.4 Å². The highest BCUT2D eigenvalue weighted by Crippen LogP contribution is 2.38. The van der Waals surface area contributed by atoms with Crippen LogP contribution in [-0.2, 0) is 4.79 Å². The molecule has 134 valence electrons. The summed E-state index contributed by atoms with van der Waals surface area (Å²) in [6, 6.07) is 7.61. The maximum absolute atomic E-state index is 12.5. The summed E-state index contributed by atoms with van der Waals surface area (Å²) in [5.74, 6) is -0.476. The Morgan fingerprint density at radius 3 is 2.76 bits per heavy atom. The number of carbonyl (C=O) groups excluding carboxylic acids is 1. The molecule has 9 heteroatoms. The van der Waals surface area contributed by atoms with Crippen molar-refractivity contribution in [2.75, 3.05) is 6.54 Å². The van der Waals surface area contributed by atoms with Crippen molar-refractivity contribution in [3.63, 3.8) is 0 Å². The van der Waals surface area contributed by atoms with Crippen LogP contribution in [0.15, 0.2) is 29.2 Å². The maximum Gasteiger partial charge on any atom is 0.573 e. The average molecular weight is 371 g/mol. The molecular weight excluding hydrogens is 355 g/mol. The molecular formula is C16H16F3N3O2S. The molecule has 1 aliphatic carbocycles. The standard InChI is InChI=1S/C16H16F3N3O2S/c17-16(18,19)24-12-3-1-2-4-13(12)25-10-7-11(21-8-10)14(23)22-15(9-20)5-6-15/h1-4,10-11,21H,5-8H2,(H,22,23). The van der Waals surface area contributed by atoms with E-state index in [2.05, 4.69) is 21.4 Å². The van der Waals surface area contributed by atoms with E-state index in [1.807, 2.05) is 0 Å². The number of ether oxygens (including phenoxy) is 1. The van der Waals surface area contributed by atoms with E-state index < -0.39 is 17.9 Å². The fourth-order valence-electron chi connectivity index (χ4n) is 2.64. The summed E-state index contributed by atoms with van der Waals surface area (Å²) in [5.41, 5.74) is -0.725. The first-order valence-electron chi connectivity index (χ1n) is 7.78. The van der Waals surface area contributed by atoms with Crippen LogP contribution in [0.25, 0.3) is 0 Å². The molecule has 2 unspecified atom stereocenters. The minimum Gasteiger partial charge on any atom is -0.405 e. The molecule has 2 atom stereocenters. The molecule has 1 saturated heterocycles. The van der Waals surface area contributed by atoms with E-state index in [9.17, 15) is 18.0 Å². The number of carbonyl (C=O) groups is 1. The summed E-state index contributed by atoms with van der Waals surface area (Å²) in [5, 5.41) is 14.8. The Bertz CT molecular complexity index is 701. The van der Waals surface area contributed by atoms with Gasteiger partial charge in [0.1, 0.15) is 11.3 Å². The van der Waals surface area contributed by atoms with Crippen molar-refractivity contribution in [1.29, 1.82) is 5.26 Å². The van der Waals surface area contributed by atoms with Gasteiger partial charge in [0.15, 0.2) is 0 Å². The SMILES string of the molecule is N#CC1(NC(=O)C2CC(Sc3ccccc3OC(F)(F)F)CN2)CC1. The summed E-state index contributed by atoms with van der Waals surface area (Å²) in [6.07, 6.45) is -2.97. The monoisotopic (exact) mass is 371 g/mol. The normalized spacial score (nSPS) is 24.4. The predicted octanol–water partition coefficient (Wildman–Crippen LogP) is 2.58. The molecule has 25 heavy (non-hydrogen) atoms. The Morgan fingerprint density at radius 2 is 2.12 bits per heavy atom. The van der Waals surface area contributed by atoms with Crippen LogP contribution in [0.5, 0.6) is 5.75 Å². The van der Waals surface area contributed by atoms with Crippen LogP contribution >= 0.6 is 11.8 Å². The average Bonchev–Trinajstić information content (AvgIpc) is 3.15. The number of benzene rings is 1. The van der Waals surface area contributed by atoms with Crippen molar-refractivity contribution in [3.05, 3.63) is 24.3 Å². The molecule has 1 aromatic rings. The summed E-state index contributed by atoms with van der Waals surface area (Å²) >= 11 is 1.25. The zero-order valence-electron chi connectivity index (χ0n) is 13.1. The highest BCUT2D eigenvalue weighted by atomic mass is 32.2. The van der Waals surface area contributed by atoms with Gasteiger partial charge < -0.3 is 15.4 Å². The van der Waals surface area contributed by atoms with Crippen molar-refractivity contribution in [2.45, 2.75) is 47.4 Å². The summed E-state index contributed by atoms with van der Waals surface area (Å²) in [7, 11) is 0. The van der Waals surface area contributed by atoms with Crippen molar-refractivity contribution in [1.82, 2.24) is 10.6 Å². The van der Waals surface area contributed by atoms with Gasteiger partial charge in [-0.15, -0.1) is 24.9 Å². The van der Waals surface area contributed by atoms with Gasteiger partial charge in [0.25, 0.3) is 0 Å². The number of para-hydroxylation sites is 1. The first-order valence-corrected chi connectivity index (χ1v) is 8.66. The highest BCUT2D eigenvalue weighted by molar-refractivity contribution is 8.00. The lowest BCUT2D eigenvalue weighted by molar-refractivity contribution is -0.275. The number of rotatable bonds is 5. The van der Waals surface area contributed by atoms with Crippen LogP contribution in [0.3, 0.4) is 0 Å². The molecule has 0 bridgehead atoms. The van der Waals surface area contributed by atoms with E-state index in [1.165, 1.54) is 23.9 Å². The summed E-state index contributed by atoms with van der Waals surface area (Å²) in [6.45, 7) is 0.489. The highest BCUT2D eigenvalue weighted by Gasteiger charge is 2.46. The van der Waals surface area contributed by atoms with E-state index >= 15 is 0 Å². The van der Waals surface area contributed by atoms with Gasteiger partial charge in [0.2, 0.25) is 5.91 Å². The molecule has 0 radical (unpaired) electrons. The number of hydrogen-bond donors (Lipinski definition) is 2. The van der Waals surface area contributed by atoms with E-state index in [1.54, 1.807) is 12.1 Å². The van der Waals surface area contributed by atoms with Crippen LogP contribution in [0.4, 0.5) is 13.2 Å². The topological polar surface area (TPSA) is 74.2 Å². The quantitative estimate of drug-likeness (QED) is 0.832. The minimum atomic E-state index is -4.75. The number of nitriles is 1. The lowest BCUT2D eigenvalue weighted by Crippen LogP contribution is -2.45. The van der Waals surface area contributed by atoms with Gasteiger partial charge in [0, 0.05) is 11.8 Å². The molecule has 1 aliphatic heterocycles. The molecule has 1 heterocycles. The molecule has 1 amide bonds. The Kier molecular flexibility index (Phi) is 4.84. The van der Waals surface area contributed by atoms with E-state index in [0.29, 0.717) is 30.7 Å². The first kappa shape index (κ1) is 17.9. The number of thioether (sulfide) groups is 1. The minimum absolute atomic E-state index is 0.0639. The third kappa shape index (κ3) is 4.58. The molecule has 1 aromatic carbocycles. The number of halogens is 3. The van der Waals surface area contributed by atoms with Crippen LogP contribution in [0, 0.1) is 11.3 Å². The zero-order valence-corrected chi connectivity index (χ0v) is 13.9. The Morgan fingerprint density at radius 1 is 1.40 bits per heavy atom. The van der Waals surface area contributed by atoms with Gasteiger partial charge in [-0.2, -0.15) is 5.26 Å². The van der Waals surface area contributed by atoms with Gasteiger partial charge in [-0.25, -0.2) is 0 Å². The van der Waals surface area contributed by atoms with Crippen LogP contribution in [0.1, 0.15) is 19.3 Å². The largest absolute Gasteiger partial charge is 0.573 e. The second kappa shape index (κ2) is 6.77. The van der Waals surface area contributed by atoms with Crippen LogP contribution in [-0.4, -0.2) is 35.6 Å². The Balaban J connectivity index is 1.59. The van der Waals surface area contributed by atoms with Crippen molar-refractivity contribution in [2.24, 2.45) is 0 Å². The Labute approximate surface area is 146 Å². The third-order valence-corrected chi connectivity index (χ3v) is 5.39. The van der Waals surface area contributed by atoms with Gasteiger partial charge in [-0.3, -0.25) is 4.79 Å². The number of hydrogen-bond acceptors (Lipinski definition) is 5. The molecule has 2 aliphatic rings. The maximum atomic E-state index is 12.5. The van der Waals surface area contributed by atoms with Gasteiger partial charge in [-0.1, -0.05) is 12.1 Å². The molecule has 3 rings (SSSR count). The zero-order chi connectivity index (χ0) is 18.1. The fraction of sp³-hybridized carbons (Fsp3) is 0.500. The fourth-order valence-corrected chi connectivity index (χ4v) is 3.85. The van der Waals surface area contributed by atoms with Crippen molar-refractivity contribution < 1.29 is 22.7 Å². The number of nitrogens with one attached hydrogen (secondary N) is 2. The summed E-state index contributed by atoms with van der Waals surface area (Å²) < 4.78 is 41.5. The predicted molar refractivity (Wildman–Crippen MR) is 84.9 cm³/mol. The molecule has 2 N–H and O–H groups in total. The molecule has 0 aromatic heterocycles. The summed E-state index contributed by atoms with van der Waals surface area (Å²) in [4.78, 5) is 12.6. The van der Waals surface area contributed by atoms with Crippen LogP contribution < -0.4 is 15.4 Å². The molecule has 2 fully saturated rings. The van der Waals surface area contributed by atoms with Crippen LogP contribution in [0.2, 0.25) is 0 Å². The van der Waals surface area contributed by atoms with E-state index in [0.717, 1.165) is 0 Å². The van der Waals surface area contributed by atoms with E-state index in [-0.39, 0.29) is 16.9 Å². The van der Waals surface area contributed by atoms with Crippen molar-refractivity contribution >= 4 is 17.7 Å². The Hall–Kier alpha value is -1.92. The van der Waals surface area contributed by atoms with Gasteiger partial charge in [0.05, 0.1) is 17.0 Å². The lowest BCUT2D eigenvalue weighted by atomic mass is 10.2. The molecule has 1 saturated carbocycles.